The van der Waals surface area contributed by atoms with Gasteiger partial charge in [0.05, 0.1) is 8.95 Å². The van der Waals surface area contributed by atoms with Crippen LogP contribution in [0, 0.1) is 0 Å². The third-order valence-electron chi connectivity index (χ3n) is 2.19. The Morgan fingerprint density at radius 2 is 1.60 bits per heavy atom. The standard InChI is InChI=1S/C11H5Br4N3O2/c12-4-1-6(14)11(16-3-4)18-17-7-2-5(13)9(19)8(15)10(7)20/h1-3,19-20H. The summed E-state index contributed by atoms with van der Waals surface area (Å²) in [5, 5.41) is 27.4. The normalized spacial score (nSPS) is 11.2. The second-order valence-corrected chi connectivity index (χ2v) is 6.97. The van der Waals surface area contributed by atoms with Gasteiger partial charge in [0.25, 0.3) is 0 Å². The lowest BCUT2D eigenvalue weighted by Gasteiger charge is -2.05. The van der Waals surface area contributed by atoms with Crippen LogP contribution in [0.1, 0.15) is 0 Å². The summed E-state index contributed by atoms with van der Waals surface area (Å²) < 4.78 is 2.00. The van der Waals surface area contributed by atoms with Crippen LogP contribution in [-0.2, 0) is 0 Å². The lowest BCUT2D eigenvalue weighted by atomic mass is 10.3. The zero-order valence-electron chi connectivity index (χ0n) is 9.48. The predicted octanol–water partition coefficient (Wildman–Crippen LogP) is 5.96. The summed E-state index contributed by atoms with van der Waals surface area (Å²) in [5.41, 5.74) is 0.193. The summed E-state index contributed by atoms with van der Waals surface area (Å²) >= 11 is 12.8. The highest BCUT2D eigenvalue weighted by molar-refractivity contribution is 9.11. The summed E-state index contributed by atoms with van der Waals surface area (Å²) in [6, 6.07) is 3.23. The number of phenolic OH excluding ortho intramolecular Hbond substituents is 2. The zero-order valence-corrected chi connectivity index (χ0v) is 15.8. The SMILES string of the molecule is Oc1c(Br)cc(N=Nc2ncc(Br)cc2Br)c(O)c1Br. The Labute approximate surface area is 147 Å². The van der Waals surface area contributed by atoms with E-state index < -0.39 is 0 Å². The fourth-order valence-corrected chi connectivity index (χ4v) is 3.41. The number of benzene rings is 1. The molecular weight excluding hydrogens is 526 g/mol. The molecule has 5 nitrogen and oxygen atoms in total. The number of aromatic hydroxyl groups is 2. The number of hydrogen-bond donors (Lipinski definition) is 2. The van der Waals surface area contributed by atoms with Crippen LogP contribution in [0.2, 0.25) is 0 Å². The Kier molecular flexibility index (Phi) is 5.16. The van der Waals surface area contributed by atoms with Crippen molar-refractivity contribution < 1.29 is 10.2 Å². The molecule has 0 fully saturated rings. The van der Waals surface area contributed by atoms with Gasteiger partial charge in [-0.25, -0.2) is 4.98 Å². The van der Waals surface area contributed by atoms with Crippen molar-refractivity contribution in [3.8, 4) is 11.5 Å². The molecule has 0 saturated heterocycles. The Morgan fingerprint density at radius 1 is 0.900 bits per heavy atom. The quantitative estimate of drug-likeness (QED) is 0.471. The van der Waals surface area contributed by atoms with Crippen LogP contribution >= 0.6 is 63.7 Å². The second-order valence-electron chi connectivity index (χ2n) is 3.55. The Morgan fingerprint density at radius 3 is 2.25 bits per heavy atom. The van der Waals surface area contributed by atoms with Gasteiger partial charge in [0.15, 0.2) is 11.6 Å². The van der Waals surface area contributed by atoms with E-state index in [4.69, 9.17) is 0 Å². The minimum Gasteiger partial charge on any atom is -0.505 e. The maximum Gasteiger partial charge on any atom is 0.188 e. The number of rotatable bonds is 2. The van der Waals surface area contributed by atoms with Gasteiger partial charge in [0.2, 0.25) is 0 Å². The average molecular weight is 531 g/mol. The number of nitrogens with zero attached hydrogens (tertiary/aromatic N) is 3. The van der Waals surface area contributed by atoms with Crippen LogP contribution in [0.25, 0.3) is 0 Å². The Bertz CT molecular complexity index is 707. The van der Waals surface area contributed by atoms with E-state index in [9.17, 15) is 10.2 Å². The molecule has 0 saturated carbocycles. The lowest BCUT2D eigenvalue weighted by Crippen LogP contribution is -1.78. The smallest absolute Gasteiger partial charge is 0.188 e. The Balaban J connectivity index is 2.42. The van der Waals surface area contributed by atoms with E-state index in [1.165, 1.54) is 6.07 Å². The molecular formula is C11H5Br4N3O2. The molecule has 1 aromatic carbocycles. The van der Waals surface area contributed by atoms with Gasteiger partial charge in [-0.1, -0.05) is 0 Å². The first-order chi connectivity index (χ1) is 9.40. The van der Waals surface area contributed by atoms with Crippen molar-refractivity contribution in [1.82, 2.24) is 4.98 Å². The van der Waals surface area contributed by atoms with Crippen LogP contribution in [0.3, 0.4) is 0 Å². The first-order valence-electron chi connectivity index (χ1n) is 5.03. The van der Waals surface area contributed by atoms with E-state index in [2.05, 4.69) is 78.9 Å². The number of halogens is 4. The fraction of sp³-hybridized carbons (Fsp3) is 0. The molecule has 0 amide bonds. The molecule has 0 aliphatic heterocycles. The van der Waals surface area contributed by atoms with E-state index in [0.717, 1.165) is 4.47 Å². The molecule has 20 heavy (non-hydrogen) atoms. The number of phenols is 2. The number of azo groups is 1. The molecule has 104 valence electrons. The van der Waals surface area contributed by atoms with E-state index >= 15 is 0 Å². The first-order valence-corrected chi connectivity index (χ1v) is 8.20. The molecule has 0 aliphatic rings. The molecule has 0 radical (unpaired) electrons. The van der Waals surface area contributed by atoms with Crippen molar-refractivity contribution in [1.29, 1.82) is 0 Å². The maximum atomic E-state index is 9.87. The molecule has 0 spiro atoms. The molecule has 0 aliphatic carbocycles. The fourth-order valence-electron chi connectivity index (χ4n) is 1.24. The maximum absolute atomic E-state index is 9.87. The highest BCUT2D eigenvalue weighted by Crippen LogP contribution is 2.45. The van der Waals surface area contributed by atoms with Crippen molar-refractivity contribution in [2.24, 2.45) is 10.2 Å². The molecule has 0 bridgehead atoms. The third kappa shape index (κ3) is 3.38. The highest BCUT2D eigenvalue weighted by atomic mass is 79.9. The van der Waals surface area contributed by atoms with Crippen molar-refractivity contribution in [3.05, 3.63) is 36.2 Å². The summed E-state index contributed by atoms with van der Waals surface area (Å²) in [6.07, 6.45) is 1.58. The van der Waals surface area contributed by atoms with E-state index in [0.29, 0.717) is 14.8 Å². The summed E-state index contributed by atoms with van der Waals surface area (Å²) in [5.74, 6) is 0.0556. The second kappa shape index (κ2) is 6.50. The predicted molar refractivity (Wildman–Crippen MR) is 89.0 cm³/mol. The molecule has 1 heterocycles. The van der Waals surface area contributed by atoms with Gasteiger partial charge in [-0.05, 0) is 75.9 Å². The minimum atomic E-state index is -0.206. The largest absolute Gasteiger partial charge is 0.505 e. The van der Waals surface area contributed by atoms with Crippen molar-refractivity contribution >= 4 is 75.2 Å². The number of hydrogen-bond acceptors (Lipinski definition) is 5. The summed E-state index contributed by atoms with van der Waals surface area (Å²) in [4.78, 5) is 4.08. The zero-order chi connectivity index (χ0) is 14.9. The van der Waals surface area contributed by atoms with E-state index in [-0.39, 0.29) is 21.7 Å². The first kappa shape index (κ1) is 15.9. The van der Waals surface area contributed by atoms with Crippen LogP contribution in [0.4, 0.5) is 11.5 Å². The lowest BCUT2D eigenvalue weighted by molar-refractivity contribution is 0.443. The van der Waals surface area contributed by atoms with Gasteiger partial charge >= 0.3 is 0 Å². The van der Waals surface area contributed by atoms with Crippen molar-refractivity contribution in [2.75, 3.05) is 0 Å². The highest BCUT2D eigenvalue weighted by Gasteiger charge is 2.14. The number of aromatic nitrogens is 1. The summed E-state index contributed by atoms with van der Waals surface area (Å²) in [7, 11) is 0. The van der Waals surface area contributed by atoms with Crippen LogP contribution in [0.5, 0.6) is 11.5 Å². The van der Waals surface area contributed by atoms with Crippen molar-refractivity contribution in [3.63, 3.8) is 0 Å². The topological polar surface area (TPSA) is 78.1 Å². The monoisotopic (exact) mass is 527 g/mol. The van der Waals surface area contributed by atoms with Gasteiger partial charge in [0.1, 0.15) is 15.9 Å². The molecule has 9 heteroatoms. The van der Waals surface area contributed by atoms with Gasteiger partial charge in [-0.2, -0.15) is 0 Å². The van der Waals surface area contributed by atoms with Gasteiger partial charge < -0.3 is 10.2 Å². The van der Waals surface area contributed by atoms with Crippen LogP contribution < -0.4 is 0 Å². The van der Waals surface area contributed by atoms with E-state index in [1.807, 2.05) is 0 Å². The van der Waals surface area contributed by atoms with Gasteiger partial charge in [0, 0.05) is 10.7 Å². The third-order valence-corrected chi connectivity index (χ3v) is 4.56. The minimum absolute atomic E-state index is 0.107. The van der Waals surface area contributed by atoms with Gasteiger partial charge in [-0.3, -0.25) is 0 Å². The summed E-state index contributed by atoms with van der Waals surface area (Å²) in [6.45, 7) is 0. The molecule has 2 N–H and O–H groups in total. The average Bonchev–Trinajstić information content (AvgIpc) is 2.40. The number of pyridine rings is 1. The Hall–Kier alpha value is -0.510. The molecule has 2 aromatic rings. The van der Waals surface area contributed by atoms with Crippen LogP contribution in [0.15, 0.2) is 46.4 Å². The van der Waals surface area contributed by atoms with Crippen molar-refractivity contribution in [2.45, 2.75) is 0 Å². The van der Waals surface area contributed by atoms with E-state index in [1.54, 1.807) is 12.3 Å². The molecule has 0 atom stereocenters. The molecule has 0 unspecified atom stereocenters. The molecule has 2 rings (SSSR count). The van der Waals surface area contributed by atoms with Crippen LogP contribution in [-0.4, -0.2) is 15.2 Å². The molecule has 1 aromatic heterocycles. The van der Waals surface area contributed by atoms with Gasteiger partial charge in [-0.15, -0.1) is 10.2 Å².